The summed E-state index contributed by atoms with van der Waals surface area (Å²) in [5.41, 5.74) is 3.16. The van der Waals surface area contributed by atoms with E-state index in [4.69, 9.17) is 11.6 Å². The normalized spacial score (nSPS) is 12.3. The minimum absolute atomic E-state index is 0.318. The molecule has 0 fully saturated rings. The second kappa shape index (κ2) is 8.55. The highest BCUT2D eigenvalue weighted by Crippen LogP contribution is 2.31. The van der Waals surface area contributed by atoms with Crippen LogP contribution >= 0.6 is 11.6 Å². The monoisotopic (exact) mass is 290 g/mol. The lowest BCUT2D eigenvalue weighted by Gasteiger charge is -2.12. The van der Waals surface area contributed by atoms with Crippen LogP contribution < -0.4 is 0 Å². The predicted molar refractivity (Wildman–Crippen MR) is 87.4 cm³/mol. The fraction of sp³-hybridized carbons (Fsp3) is 0.222. The first-order valence-corrected chi connectivity index (χ1v) is 7.07. The quantitative estimate of drug-likeness (QED) is 0.405. The molecule has 0 spiro atoms. The first-order chi connectivity index (χ1) is 9.63. The van der Waals surface area contributed by atoms with Gasteiger partial charge in [0.15, 0.2) is 0 Å². The van der Waals surface area contributed by atoms with Gasteiger partial charge in [0, 0.05) is 0 Å². The van der Waals surface area contributed by atoms with Crippen LogP contribution in [0.4, 0.5) is 4.39 Å². The molecule has 0 atom stereocenters. The summed E-state index contributed by atoms with van der Waals surface area (Å²) in [6.07, 6.45) is 10.2. The van der Waals surface area contributed by atoms with E-state index in [2.05, 4.69) is 32.2 Å². The van der Waals surface area contributed by atoms with E-state index in [0.29, 0.717) is 5.02 Å². The van der Waals surface area contributed by atoms with Crippen LogP contribution in [0.15, 0.2) is 61.2 Å². The Morgan fingerprint density at radius 1 is 1.30 bits per heavy atom. The lowest BCUT2D eigenvalue weighted by Crippen LogP contribution is -1.91. The van der Waals surface area contributed by atoms with Gasteiger partial charge in [-0.2, -0.15) is 0 Å². The van der Waals surface area contributed by atoms with Crippen molar-refractivity contribution in [3.63, 3.8) is 0 Å². The molecule has 0 heterocycles. The minimum atomic E-state index is -0.318. The summed E-state index contributed by atoms with van der Waals surface area (Å²) in [6, 6.07) is 4.53. The van der Waals surface area contributed by atoms with E-state index in [-0.39, 0.29) is 5.82 Å². The molecule has 1 aromatic rings. The van der Waals surface area contributed by atoms with Gasteiger partial charge in [0.2, 0.25) is 0 Å². The van der Waals surface area contributed by atoms with E-state index in [1.807, 2.05) is 12.2 Å². The predicted octanol–water partition coefficient (Wildman–Crippen LogP) is 6.35. The average molecular weight is 291 g/mol. The molecule has 2 heteroatoms. The third-order valence-corrected chi connectivity index (χ3v) is 3.30. The number of hydrogen-bond acceptors (Lipinski definition) is 0. The molecule has 0 saturated carbocycles. The first kappa shape index (κ1) is 16.5. The fourth-order valence-corrected chi connectivity index (χ4v) is 2.36. The zero-order valence-corrected chi connectivity index (χ0v) is 12.6. The molecule has 0 bridgehead atoms. The SMILES string of the molecule is C=CCC=CC(CC=C)=C(CC)c1ccc(F)cc1Cl. The molecule has 0 N–H and O–H groups in total. The van der Waals surface area contributed by atoms with Crippen LogP contribution in [0.1, 0.15) is 31.7 Å². The molecular formula is C18H20ClF. The van der Waals surface area contributed by atoms with Crippen LogP contribution in [-0.2, 0) is 0 Å². The first-order valence-electron chi connectivity index (χ1n) is 6.69. The maximum atomic E-state index is 13.2. The summed E-state index contributed by atoms with van der Waals surface area (Å²) in [4.78, 5) is 0. The van der Waals surface area contributed by atoms with E-state index in [0.717, 1.165) is 36.0 Å². The van der Waals surface area contributed by atoms with Crippen molar-refractivity contribution in [3.8, 4) is 0 Å². The van der Waals surface area contributed by atoms with Crippen LogP contribution in [0.2, 0.25) is 5.02 Å². The van der Waals surface area contributed by atoms with Gasteiger partial charge in [0.25, 0.3) is 0 Å². The van der Waals surface area contributed by atoms with Gasteiger partial charge < -0.3 is 0 Å². The molecule has 0 saturated heterocycles. The van der Waals surface area contributed by atoms with Crippen molar-refractivity contribution in [2.45, 2.75) is 26.2 Å². The Labute approximate surface area is 126 Å². The van der Waals surface area contributed by atoms with Crippen LogP contribution in [0, 0.1) is 5.82 Å². The standard InChI is InChI=1S/C18H20ClF/c1-4-7-8-10-14(9-5-2)16(6-3)17-12-11-15(20)13-18(17)19/h4-5,8,10-13H,1-2,6-7,9H2,3H3. The van der Waals surface area contributed by atoms with Crippen molar-refractivity contribution in [1.29, 1.82) is 0 Å². The summed E-state index contributed by atoms with van der Waals surface area (Å²) in [6.45, 7) is 9.56. The smallest absolute Gasteiger partial charge is 0.124 e. The van der Waals surface area contributed by atoms with Gasteiger partial charge >= 0.3 is 0 Å². The maximum Gasteiger partial charge on any atom is 0.124 e. The van der Waals surface area contributed by atoms with Gasteiger partial charge in [-0.3, -0.25) is 0 Å². The zero-order valence-electron chi connectivity index (χ0n) is 11.8. The highest BCUT2D eigenvalue weighted by atomic mass is 35.5. The van der Waals surface area contributed by atoms with Gasteiger partial charge in [-0.15, -0.1) is 13.2 Å². The zero-order chi connectivity index (χ0) is 15.0. The van der Waals surface area contributed by atoms with Gasteiger partial charge in [-0.1, -0.05) is 48.9 Å². The molecule has 20 heavy (non-hydrogen) atoms. The minimum Gasteiger partial charge on any atom is -0.207 e. The number of rotatable bonds is 7. The van der Waals surface area contributed by atoms with E-state index in [1.165, 1.54) is 12.1 Å². The summed E-state index contributed by atoms with van der Waals surface area (Å²) < 4.78 is 13.2. The average Bonchev–Trinajstić information content (AvgIpc) is 2.42. The maximum absolute atomic E-state index is 13.2. The van der Waals surface area contributed by atoms with Crippen molar-refractivity contribution in [3.05, 3.63) is 77.6 Å². The van der Waals surface area contributed by atoms with Gasteiger partial charge in [0.05, 0.1) is 5.02 Å². The largest absolute Gasteiger partial charge is 0.207 e. The van der Waals surface area contributed by atoms with Gasteiger partial charge in [-0.05, 0) is 48.1 Å². The lowest BCUT2D eigenvalue weighted by atomic mass is 9.95. The molecule has 0 aliphatic heterocycles. The topological polar surface area (TPSA) is 0 Å². The van der Waals surface area contributed by atoms with Crippen LogP contribution in [0.5, 0.6) is 0 Å². The fourth-order valence-electron chi connectivity index (χ4n) is 2.08. The molecular weight excluding hydrogens is 271 g/mol. The Morgan fingerprint density at radius 2 is 2.05 bits per heavy atom. The van der Waals surface area contributed by atoms with Crippen molar-refractivity contribution in [2.24, 2.45) is 0 Å². The van der Waals surface area contributed by atoms with Crippen molar-refractivity contribution < 1.29 is 4.39 Å². The lowest BCUT2D eigenvalue weighted by molar-refractivity contribution is 0.627. The summed E-state index contributed by atoms with van der Waals surface area (Å²) in [5.74, 6) is -0.318. The molecule has 0 aliphatic rings. The number of benzene rings is 1. The Hall–Kier alpha value is -1.60. The molecule has 0 radical (unpaired) electrons. The highest BCUT2D eigenvalue weighted by Gasteiger charge is 2.09. The molecule has 0 nitrogen and oxygen atoms in total. The molecule has 1 aromatic carbocycles. The third-order valence-electron chi connectivity index (χ3n) is 2.98. The molecule has 1 rings (SSSR count). The third kappa shape index (κ3) is 4.50. The number of hydrogen-bond donors (Lipinski definition) is 0. The second-order valence-corrected chi connectivity index (χ2v) is 4.81. The van der Waals surface area contributed by atoms with Crippen molar-refractivity contribution in [2.75, 3.05) is 0 Å². The van der Waals surface area contributed by atoms with Crippen molar-refractivity contribution >= 4 is 17.2 Å². The van der Waals surface area contributed by atoms with E-state index >= 15 is 0 Å². The van der Waals surface area contributed by atoms with Crippen molar-refractivity contribution in [1.82, 2.24) is 0 Å². The Kier molecular flexibility index (Phi) is 7.03. The molecule has 0 aliphatic carbocycles. The van der Waals surface area contributed by atoms with E-state index < -0.39 is 0 Å². The van der Waals surface area contributed by atoms with E-state index in [1.54, 1.807) is 6.07 Å². The Morgan fingerprint density at radius 3 is 2.60 bits per heavy atom. The Balaban J connectivity index is 3.30. The van der Waals surface area contributed by atoms with Gasteiger partial charge in [0.1, 0.15) is 5.82 Å². The molecule has 106 valence electrons. The second-order valence-electron chi connectivity index (χ2n) is 4.40. The highest BCUT2D eigenvalue weighted by molar-refractivity contribution is 6.32. The van der Waals surface area contributed by atoms with Crippen LogP contribution in [-0.4, -0.2) is 0 Å². The summed E-state index contributed by atoms with van der Waals surface area (Å²) in [5, 5.41) is 0.445. The van der Waals surface area contributed by atoms with Crippen LogP contribution in [0.25, 0.3) is 5.57 Å². The molecule has 0 amide bonds. The Bertz CT molecular complexity index is 538. The number of halogens is 2. The van der Waals surface area contributed by atoms with Crippen LogP contribution in [0.3, 0.4) is 0 Å². The molecule has 0 unspecified atom stereocenters. The summed E-state index contributed by atoms with van der Waals surface area (Å²) in [7, 11) is 0. The van der Waals surface area contributed by atoms with E-state index in [9.17, 15) is 4.39 Å². The molecule has 0 aromatic heterocycles. The summed E-state index contributed by atoms with van der Waals surface area (Å²) >= 11 is 6.17. The number of allylic oxidation sites excluding steroid dienone is 6. The van der Waals surface area contributed by atoms with Gasteiger partial charge in [-0.25, -0.2) is 4.39 Å².